The summed E-state index contributed by atoms with van der Waals surface area (Å²) in [5.74, 6) is 1.75. The van der Waals surface area contributed by atoms with Crippen LogP contribution in [0, 0.1) is 5.92 Å². The molecule has 1 N–H and O–H groups in total. The van der Waals surface area contributed by atoms with Gasteiger partial charge in [-0.3, -0.25) is 4.79 Å². The van der Waals surface area contributed by atoms with Crippen LogP contribution in [0.4, 0.5) is 0 Å². The SMILES string of the molecule is CCCCc1ncc(C=O)o1.CNCC1CCOC1. The van der Waals surface area contributed by atoms with Gasteiger partial charge in [0.1, 0.15) is 0 Å². The Morgan fingerprint density at radius 1 is 1.58 bits per heavy atom. The van der Waals surface area contributed by atoms with Crippen molar-refractivity contribution in [1.29, 1.82) is 0 Å². The second kappa shape index (κ2) is 9.69. The summed E-state index contributed by atoms with van der Waals surface area (Å²) in [6, 6.07) is 0. The molecule has 0 radical (unpaired) electrons. The zero-order chi connectivity index (χ0) is 13.9. The monoisotopic (exact) mass is 268 g/mol. The Labute approximate surface area is 114 Å². The van der Waals surface area contributed by atoms with Gasteiger partial charge in [0.15, 0.2) is 17.9 Å². The van der Waals surface area contributed by atoms with Crippen LogP contribution in [0.5, 0.6) is 0 Å². The van der Waals surface area contributed by atoms with Crippen molar-refractivity contribution in [2.24, 2.45) is 5.92 Å². The molecule has 1 aromatic heterocycles. The van der Waals surface area contributed by atoms with Crippen molar-refractivity contribution in [3.05, 3.63) is 17.8 Å². The topological polar surface area (TPSA) is 64.4 Å². The predicted octanol–water partition coefficient (Wildman–Crippen LogP) is 2.07. The molecule has 1 unspecified atom stereocenters. The molecule has 19 heavy (non-hydrogen) atoms. The van der Waals surface area contributed by atoms with Gasteiger partial charge in [0, 0.05) is 13.0 Å². The van der Waals surface area contributed by atoms with Gasteiger partial charge in [0.25, 0.3) is 0 Å². The van der Waals surface area contributed by atoms with E-state index in [1.54, 1.807) is 0 Å². The highest BCUT2D eigenvalue weighted by Crippen LogP contribution is 2.09. The fraction of sp³-hybridized carbons (Fsp3) is 0.714. The van der Waals surface area contributed by atoms with Crippen LogP contribution in [0.3, 0.4) is 0 Å². The Kier molecular flexibility index (Phi) is 8.09. The van der Waals surface area contributed by atoms with E-state index in [4.69, 9.17) is 9.15 Å². The third kappa shape index (κ3) is 6.50. The summed E-state index contributed by atoms with van der Waals surface area (Å²) in [5.41, 5.74) is 0. The average Bonchev–Trinajstić information content (AvgIpc) is 3.08. The highest BCUT2D eigenvalue weighted by atomic mass is 16.5. The minimum absolute atomic E-state index is 0.316. The minimum Gasteiger partial charge on any atom is -0.438 e. The van der Waals surface area contributed by atoms with E-state index < -0.39 is 0 Å². The van der Waals surface area contributed by atoms with Crippen LogP contribution in [0.2, 0.25) is 0 Å². The third-order valence-corrected chi connectivity index (χ3v) is 2.95. The molecule has 1 aromatic rings. The van der Waals surface area contributed by atoms with Crippen molar-refractivity contribution in [3.63, 3.8) is 0 Å². The lowest BCUT2D eigenvalue weighted by molar-refractivity contribution is 0.109. The molecule has 1 saturated heterocycles. The molecular weight excluding hydrogens is 244 g/mol. The van der Waals surface area contributed by atoms with Crippen molar-refractivity contribution in [2.75, 3.05) is 26.8 Å². The first-order valence-corrected chi connectivity index (χ1v) is 6.92. The van der Waals surface area contributed by atoms with E-state index in [-0.39, 0.29) is 0 Å². The summed E-state index contributed by atoms with van der Waals surface area (Å²) in [4.78, 5) is 14.1. The fourth-order valence-corrected chi connectivity index (χ4v) is 1.86. The highest BCUT2D eigenvalue weighted by molar-refractivity contribution is 5.69. The van der Waals surface area contributed by atoms with E-state index in [1.807, 2.05) is 7.05 Å². The first kappa shape index (κ1) is 15.9. The van der Waals surface area contributed by atoms with Gasteiger partial charge in [-0.1, -0.05) is 13.3 Å². The summed E-state index contributed by atoms with van der Waals surface area (Å²) in [6.45, 7) is 5.14. The number of oxazole rings is 1. The Bertz CT molecular complexity index is 346. The zero-order valence-electron chi connectivity index (χ0n) is 11.9. The Morgan fingerprint density at radius 2 is 2.42 bits per heavy atom. The van der Waals surface area contributed by atoms with E-state index in [9.17, 15) is 4.79 Å². The molecule has 2 rings (SSSR count). The standard InChI is InChI=1S/C8H11NO2.C6H13NO/c1-2-3-4-8-9-5-7(6-10)11-8;1-7-4-6-2-3-8-5-6/h5-6H,2-4H2,1H3;6-7H,2-5H2,1H3. The van der Waals surface area contributed by atoms with Gasteiger partial charge in [-0.2, -0.15) is 0 Å². The predicted molar refractivity (Wildman–Crippen MR) is 73.4 cm³/mol. The van der Waals surface area contributed by atoms with Gasteiger partial charge in [-0.25, -0.2) is 4.98 Å². The highest BCUT2D eigenvalue weighted by Gasteiger charge is 2.13. The fourth-order valence-electron chi connectivity index (χ4n) is 1.86. The number of aldehydes is 1. The van der Waals surface area contributed by atoms with Crippen LogP contribution in [0.25, 0.3) is 0 Å². The van der Waals surface area contributed by atoms with Crippen LogP contribution in [-0.4, -0.2) is 38.1 Å². The minimum atomic E-state index is 0.316. The lowest BCUT2D eigenvalue weighted by Crippen LogP contribution is -2.18. The summed E-state index contributed by atoms with van der Waals surface area (Å²) in [6.07, 6.45) is 6.35. The molecule has 0 spiro atoms. The van der Waals surface area contributed by atoms with Gasteiger partial charge in [0.2, 0.25) is 0 Å². The summed E-state index contributed by atoms with van der Waals surface area (Å²) >= 11 is 0. The molecule has 1 fully saturated rings. The Hall–Kier alpha value is -1.20. The molecule has 0 aliphatic carbocycles. The number of hydrogen-bond acceptors (Lipinski definition) is 5. The molecule has 5 heteroatoms. The number of unbranched alkanes of at least 4 members (excludes halogenated alkanes) is 1. The molecule has 1 aliphatic rings. The van der Waals surface area contributed by atoms with E-state index in [0.29, 0.717) is 17.9 Å². The first-order valence-electron chi connectivity index (χ1n) is 6.92. The largest absolute Gasteiger partial charge is 0.438 e. The maximum absolute atomic E-state index is 10.2. The van der Waals surface area contributed by atoms with Crippen LogP contribution in [-0.2, 0) is 11.2 Å². The third-order valence-electron chi connectivity index (χ3n) is 2.95. The van der Waals surface area contributed by atoms with Crippen LogP contribution in [0.1, 0.15) is 42.6 Å². The van der Waals surface area contributed by atoms with E-state index in [2.05, 4.69) is 17.2 Å². The number of aryl methyl sites for hydroxylation is 1. The number of aromatic nitrogens is 1. The molecule has 0 aromatic carbocycles. The first-order chi connectivity index (χ1) is 9.30. The van der Waals surface area contributed by atoms with Crippen LogP contribution >= 0.6 is 0 Å². The van der Waals surface area contributed by atoms with Gasteiger partial charge >= 0.3 is 0 Å². The molecule has 108 valence electrons. The van der Waals surface area contributed by atoms with Gasteiger partial charge in [0.05, 0.1) is 12.8 Å². The smallest absolute Gasteiger partial charge is 0.195 e. The lowest BCUT2D eigenvalue weighted by atomic mass is 10.1. The van der Waals surface area contributed by atoms with E-state index in [1.165, 1.54) is 12.6 Å². The Balaban J connectivity index is 0.000000200. The molecule has 0 bridgehead atoms. The number of nitrogens with one attached hydrogen (secondary N) is 1. The van der Waals surface area contributed by atoms with Crippen molar-refractivity contribution >= 4 is 6.29 Å². The number of carbonyl (C=O) groups is 1. The van der Waals surface area contributed by atoms with Crippen molar-refractivity contribution in [2.45, 2.75) is 32.6 Å². The summed E-state index contributed by atoms with van der Waals surface area (Å²) in [5, 5.41) is 3.13. The number of nitrogens with zero attached hydrogens (tertiary/aromatic N) is 1. The number of hydrogen-bond donors (Lipinski definition) is 1. The number of rotatable bonds is 6. The number of carbonyl (C=O) groups excluding carboxylic acids is 1. The molecule has 1 atom stereocenters. The summed E-state index contributed by atoms with van der Waals surface area (Å²) < 4.78 is 10.2. The summed E-state index contributed by atoms with van der Waals surface area (Å²) in [7, 11) is 1.98. The van der Waals surface area contributed by atoms with Gasteiger partial charge in [-0.05, 0) is 32.4 Å². The normalized spacial score (nSPS) is 17.9. The van der Waals surface area contributed by atoms with E-state index in [0.717, 1.165) is 44.9 Å². The molecule has 0 amide bonds. The van der Waals surface area contributed by atoms with E-state index >= 15 is 0 Å². The molecule has 5 nitrogen and oxygen atoms in total. The maximum atomic E-state index is 10.2. The molecule has 0 saturated carbocycles. The molecule has 2 heterocycles. The van der Waals surface area contributed by atoms with Crippen molar-refractivity contribution in [1.82, 2.24) is 10.3 Å². The van der Waals surface area contributed by atoms with Gasteiger partial charge in [-0.15, -0.1) is 0 Å². The van der Waals surface area contributed by atoms with Crippen molar-refractivity contribution < 1.29 is 13.9 Å². The quantitative estimate of drug-likeness (QED) is 0.800. The second-order valence-electron chi connectivity index (χ2n) is 4.67. The molecular formula is C14H24N2O3. The number of ether oxygens (including phenoxy) is 1. The maximum Gasteiger partial charge on any atom is 0.195 e. The lowest BCUT2D eigenvalue weighted by Gasteiger charge is -2.03. The van der Waals surface area contributed by atoms with Gasteiger partial charge < -0.3 is 14.5 Å². The van der Waals surface area contributed by atoms with Crippen LogP contribution < -0.4 is 5.32 Å². The zero-order valence-corrected chi connectivity index (χ0v) is 11.9. The van der Waals surface area contributed by atoms with Crippen LogP contribution in [0.15, 0.2) is 10.6 Å². The second-order valence-corrected chi connectivity index (χ2v) is 4.67. The Morgan fingerprint density at radius 3 is 2.95 bits per heavy atom. The molecule has 1 aliphatic heterocycles. The van der Waals surface area contributed by atoms with Crippen molar-refractivity contribution in [3.8, 4) is 0 Å². The average molecular weight is 268 g/mol.